The Labute approximate surface area is 126 Å². The molecule has 1 fully saturated rings. The Balaban J connectivity index is 2.12. The predicted molar refractivity (Wildman–Crippen MR) is 83.5 cm³/mol. The minimum absolute atomic E-state index is 0.538. The van der Waals surface area contributed by atoms with Crippen molar-refractivity contribution in [1.29, 1.82) is 0 Å². The number of hydrogen-bond donors (Lipinski definition) is 1. The van der Waals surface area contributed by atoms with Gasteiger partial charge in [-0.15, -0.1) is 0 Å². The normalized spacial score (nSPS) is 25.3. The summed E-state index contributed by atoms with van der Waals surface area (Å²) in [6.45, 7) is 4.08. The number of halogens is 2. The lowest BCUT2D eigenvalue weighted by Gasteiger charge is -2.40. The summed E-state index contributed by atoms with van der Waals surface area (Å²) in [5, 5.41) is 0. The van der Waals surface area contributed by atoms with E-state index in [1.54, 1.807) is 0 Å². The monoisotopic (exact) mass is 374 g/mol. The molecule has 0 spiro atoms. The maximum atomic E-state index is 5.91. The Hall–Kier alpha value is 0.1000. The molecule has 0 saturated carbocycles. The Bertz CT molecular complexity index is 409. The molecule has 100 valence electrons. The van der Waals surface area contributed by atoms with Gasteiger partial charge in [-0.1, -0.05) is 12.5 Å². The molecule has 0 aliphatic carbocycles. The van der Waals surface area contributed by atoms with Crippen LogP contribution in [0.25, 0.3) is 0 Å². The lowest BCUT2D eigenvalue weighted by Crippen LogP contribution is -2.48. The zero-order valence-corrected chi connectivity index (χ0v) is 13.9. The van der Waals surface area contributed by atoms with Crippen molar-refractivity contribution in [1.82, 2.24) is 4.90 Å². The molecule has 2 atom stereocenters. The fraction of sp³-hybridized carbons (Fsp3) is 0.571. The first kappa shape index (κ1) is 14.5. The van der Waals surface area contributed by atoms with Crippen molar-refractivity contribution in [3.8, 4) is 0 Å². The molecule has 1 aromatic rings. The van der Waals surface area contributed by atoms with E-state index in [2.05, 4.69) is 61.9 Å². The number of likely N-dealkylation sites (tertiary alicyclic amines) is 1. The highest BCUT2D eigenvalue weighted by Gasteiger charge is 2.26. The van der Waals surface area contributed by atoms with E-state index in [9.17, 15) is 0 Å². The van der Waals surface area contributed by atoms with Crippen LogP contribution < -0.4 is 5.73 Å². The third-order valence-corrected chi connectivity index (χ3v) is 5.70. The van der Waals surface area contributed by atoms with Gasteiger partial charge < -0.3 is 5.73 Å². The minimum Gasteiger partial charge on any atom is -0.329 e. The summed E-state index contributed by atoms with van der Waals surface area (Å²) in [6, 6.07) is 7.65. The summed E-state index contributed by atoms with van der Waals surface area (Å²) in [7, 11) is 0. The van der Waals surface area contributed by atoms with E-state index in [1.807, 2.05) is 0 Å². The fourth-order valence-electron chi connectivity index (χ4n) is 2.73. The average Bonchev–Trinajstić information content (AvgIpc) is 2.36. The highest BCUT2D eigenvalue weighted by Crippen LogP contribution is 2.28. The van der Waals surface area contributed by atoms with Crippen molar-refractivity contribution in [3.63, 3.8) is 0 Å². The maximum absolute atomic E-state index is 5.91. The molecule has 1 aliphatic heterocycles. The predicted octanol–water partition coefficient (Wildman–Crippen LogP) is 3.91. The second-order valence-corrected chi connectivity index (χ2v) is 6.80. The molecule has 2 unspecified atom stereocenters. The molecule has 2 nitrogen and oxygen atoms in total. The smallest absolute Gasteiger partial charge is 0.0320 e. The Morgan fingerprint density at radius 2 is 2.06 bits per heavy atom. The summed E-state index contributed by atoms with van der Waals surface area (Å²) in [4.78, 5) is 2.55. The molecule has 2 N–H and O–H groups in total. The first-order valence-electron chi connectivity index (χ1n) is 6.51. The van der Waals surface area contributed by atoms with Crippen LogP contribution in [0, 0.1) is 0 Å². The minimum atomic E-state index is 0.538. The van der Waals surface area contributed by atoms with Gasteiger partial charge in [0, 0.05) is 34.1 Å². The summed E-state index contributed by atoms with van der Waals surface area (Å²) < 4.78 is 2.22. The second kappa shape index (κ2) is 6.51. The SMILES string of the molecule is CC1CCCC(CN)N1Cc1ccc(Br)c(Br)c1. The summed E-state index contributed by atoms with van der Waals surface area (Å²) in [5.74, 6) is 0. The van der Waals surface area contributed by atoms with Gasteiger partial charge in [0.1, 0.15) is 0 Å². The number of benzene rings is 1. The Kier molecular flexibility index (Phi) is 5.24. The van der Waals surface area contributed by atoms with E-state index in [0.717, 1.165) is 22.0 Å². The summed E-state index contributed by atoms with van der Waals surface area (Å²) in [6.07, 6.45) is 3.83. The molecule has 0 bridgehead atoms. The molecule has 1 aromatic carbocycles. The van der Waals surface area contributed by atoms with Gasteiger partial charge >= 0.3 is 0 Å². The van der Waals surface area contributed by atoms with Gasteiger partial charge in [0.15, 0.2) is 0 Å². The van der Waals surface area contributed by atoms with Crippen molar-refractivity contribution in [2.75, 3.05) is 6.54 Å². The maximum Gasteiger partial charge on any atom is 0.0320 e. The number of piperidine rings is 1. The molecular formula is C14H20Br2N2. The highest BCUT2D eigenvalue weighted by atomic mass is 79.9. The largest absolute Gasteiger partial charge is 0.329 e. The number of nitrogens with zero attached hydrogens (tertiary/aromatic N) is 1. The van der Waals surface area contributed by atoms with E-state index in [1.165, 1.54) is 24.8 Å². The standard InChI is InChI=1S/C14H20Br2N2/c1-10-3-2-4-12(8-17)18(10)9-11-5-6-13(15)14(16)7-11/h5-7,10,12H,2-4,8-9,17H2,1H3. The van der Waals surface area contributed by atoms with Crippen molar-refractivity contribution >= 4 is 31.9 Å². The lowest BCUT2D eigenvalue weighted by atomic mass is 9.95. The summed E-state index contributed by atoms with van der Waals surface area (Å²) in [5.41, 5.74) is 7.25. The molecule has 18 heavy (non-hydrogen) atoms. The molecular weight excluding hydrogens is 356 g/mol. The quantitative estimate of drug-likeness (QED) is 0.867. The van der Waals surface area contributed by atoms with Crippen LogP contribution in [0.15, 0.2) is 27.1 Å². The van der Waals surface area contributed by atoms with Crippen molar-refractivity contribution < 1.29 is 0 Å². The first-order chi connectivity index (χ1) is 8.61. The van der Waals surface area contributed by atoms with E-state index in [4.69, 9.17) is 5.73 Å². The van der Waals surface area contributed by atoms with Gasteiger partial charge in [-0.2, -0.15) is 0 Å². The van der Waals surface area contributed by atoms with Crippen LogP contribution in [-0.2, 0) is 6.54 Å². The van der Waals surface area contributed by atoms with Crippen molar-refractivity contribution in [3.05, 3.63) is 32.7 Å². The molecule has 2 rings (SSSR count). The zero-order chi connectivity index (χ0) is 13.1. The molecule has 1 heterocycles. The molecule has 4 heteroatoms. The zero-order valence-electron chi connectivity index (χ0n) is 10.7. The van der Waals surface area contributed by atoms with Crippen LogP contribution in [0.1, 0.15) is 31.7 Å². The Morgan fingerprint density at radius 3 is 2.72 bits per heavy atom. The molecule has 0 amide bonds. The average molecular weight is 376 g/mol. The molecule has 0 aromatic heterocycles. The topological polar surface area (TPSA) is 29.3 Å². The highest BCUT2D eigenvalue weighted by molar-refractivity contribution is 9.13. The first-order valence-corrected chi connectivity index (χ1v) is 8.10. The number of rotatable bonds is 3. The Morgan fingerprint density at radius 1 is 1.28 bits per heavy atom. The van der Waals surface area contributed by atoms with Gasteiger partial charge in [-0.3, -0.25) is 4.90 Å². The fourth-order valence-corrected chi connectivity index (χ4v) is 3.40. The van der Waals surface area contributed by atoms with Crippen LogP contribution in [0.4, 0.5) is 0 Å². The van der Waals surface area contributed by atoms with Gasteiger partial charge in [0.05, 0.1) is 0 Å². The van der Waals surface area contributed by atoms with Crippen molar-refractivity contribution in [2.45, 2.75) is 44.8 Å². The van der Waals surface area contributed by atoms with E-state index in [-0.39, 0.29) is 0 Å². The van der Waals surface area contributed by atoms with Crippen LogP contribution in [0.5, 0.6) is 0 Å². The van der Waals surface area contributed by atoms with Gasteiger partial charge in [0.2, 0.25) is 0 Å². The third kappa shape index (κ3) is 3.35. The second-order valence-electron chi connectivity index (χ2n) is 5.09. The lowest BCUT2D eigenvalue weighted by molar-refractivity contribution is 0.0892. The van der Waals surface area contributed by atoms with E-state index in [0.29, 0.717) is 12.1 Å². The van der Waals surface area contributed by atoms with Gasteiger partial charge in [0.25, 0.3) is 0 Å². The summed E-state index contributed by atoms with van der Waals surface area (Å²) >= 11 is 7.08. The van der Waals surface area contributed by atoms with E-state index < -0.39 is 0 Å². The van der Waals surface area contributed by atoms with Crippen LogP contribution in [0.3, 0.4) is 0 Å². The van der Waals surface area contributed by atoms with Crippen LogP contribution >= 0.6 is 31.9 Å². The van der Waals surface area contributed by atoms with Crippen LogP contribution in [-0.4, -0.2) is 23.5 Å². The third-order valence-electron chi connectivity index (χ3n) is 3.82. The van der Waals surface area contributed by atoms with Crippen molar-refractivity contribution in [2.24, 2.45) is 5.73 Å². The van der Waals surface area contributed by atoms with Gasteiger partial charge in [-0.05, 0) is 69.3 Å². The number of hydrogen-bond acceptors (Lipinski definition) is 2. The molecule has 0 radical (unpaired) electrons. The van der Waals surface area contributed by atoms with Crippen LogP contribution in [0.2, 0.25) is 0 Å². The number of nitrogens with two attached hydrogens (primary N) is 1. The van der Waals surface area contributed by atoms with E-state index >= 15 is 0 Å². The molecule has 1 saturated heterocycles. The molecule has 1 aliphatic rings. The van der Waals surface area contributed by atoms with Gasteiger partial charge in [-0.25, -0.2) is 0 Å².